The lowest BCUT2D eigenvalue weighted by molar-refractivity contribution is 0.174. The second-order valence-corrected chi connectivity index (χ2v) is 8.75. The summed E-state index contributed by atoms with van der Waals surface area (Å²) in [7, 11) is -0.473. The molecule has 164 valence electrons. The molecule has 0 bridgehead atoms. The van der Waals surface area contributed by atoms with E-state index in [9.17, 15) is 8.42 Å². The first kappa shape index (κ1) is 24.2. The number of halogens is 1. The Morgan fingerprint density at radius 1 is 1.10 bits per heavy atom. The molecule has 1 aliphatic rings. The van der Waals surface area contributed by atoms with Crippen LogP contribution in [-0.4, -0.2) is 46.1 Å². The van der Waals surface area contributed by atoms with Gasteiger partial charge in [-0.05, 0) is 36.2 Å². The van der Waals surface area contributed by atoms with E-state index in [0.29, 0.717) is 31.2 Å². The number of aliphatic imine (C=N–C) groups is 1. The van der Waals surface area contributed by atoms with E-state index in [1.54, 1.807) is 18.2 Å². The average Bonchev–Trinajstić information content (AvgIpc) is 3.18. The quantitative estimate of drug-likeness (QED) is 0.315. The van der Waals surface area contributed by atoms with Crippen LogP contribution in [0.15, 0.2) is 52.4 Å². The van der Waals surface area contributed by atoms with Crippen LogP contribution in [-0.2, 0) is 23.1 Å². The van der Waals surface area contributed by atoms with E-state index < -0.39 is 10.0 Å². The van der Waals surface area contributed by atoms with Gasteiger partial charge in [0.2, 0.25) is 16.8 Å². The number of nitrogens with zero attached hydrogens (tertiary/aromatic N) is 2. The van der Waals surface area contributed by atoms with Crippen LogP contribution in [0.1, 0.15) is 18.1 Å². The van der Waals surface area contributed by atoms with Gasteiger partial charge in [0.15, 0.2) is 17.5 Å². The van der Waals surface area contributed by atoms with Crippen LogP contribution in [0.25, 0.3) is 0 Å². The smallest absolute Gasteiger partial charge is 0.242 e. The molecule has 0 unspecified atom stereocenters. The fraction of sp³-hybridized carbons (Fsp3) is 0.350. The second-order valence-electron chi connectivity index (χ2n) is 6.63. The van der Waals surface area contributed by atoms with Gasteiger partial charge in [0.1, 0.15) is 0 Å². The lowest BCUT2D eigenvalue weighted by atomic mass is 10.2. The largest absolute Gasteiger partial charge is 0.454 e. The van der Waals surface area contributed by atoms with Crippen LogP contribution in [0.4, 0.5) is 0 Å². The molecule has 3 rings (SSSR count). The van der Waals surface area contributed by atoms with Gasteiger partial charge in [-0.3, -0.25) is 0 Å². The summed E-state index contributed by atoms with van der Waals surface area (Å²) in [5, 5.41) is 6.39. The summed E-state index contributed by atoms with van der Waals surface area (Å²) in [5.41, 5.74) is 1.66. The van der Waals surface area contributed by atoms with Crippen LogP contribution in [0.5, 0.6) is 11.5 Å². The molecule has 2 aromatic carbocycles. The molecule has 1 aliphatic heterocycles. The van der Waals surface area contributed by atoms with Gasteiger partial charge in [0.25, 0.3) is 0 Å². The van der Waals surface area contributed by atoms with Gasteiger partial charge >= 0.3 is 0 Å². The van der Waals surface area contributed by atoms with Gasteiger partial charge in [-0.2, -0.15) is 0 Å². The normalized spacial score (nSPS) is 13.1. The molecule has 10 heteroatoms. The second kappa shape index (κ2) is 10.8. The Kier molecular flexibility index (Phi) is 8.74. The van der Waals surface area contributed by atoms with Crippen LogP contribution in [0.2, 0.25) is 0 Å². The number of rotatable bonds is 7. The van der Waals surface area contributed by atoms with E-state index in [4.69, 9.17) is 9.47 Å². The van der Waals surface area contributed by atoms with Crippen molar-refractivity contribution < 1.29 is 17.9 Å². The standard InChI is InChI=1S/C20H26N4O4S.HI/c1-4-21-20(22-12-15-9-10-17-18(11-15)28-14-27-17)23-13-16-7-5-6-8-19(16)29(25,26)24(2)3;/h5-11H,4,12-14H2,1-3H3,(H2,21,22,23);1H. The molecule has 0 spiro atoms. The highest BCUT2D eigenvalue weighted by molar-refractivity contribution is 14.0. The fourth-order valence-electron chi connectivity index (χ4n) is 2.83. The maximum atomic E-state index is 12.6. The maximum Gasteiger partial charge on any atom is 0.242 e. The van der Waals surface area contributed by atoms with Crippen molar-refractivity contribution in [2.24, 2.45) is 4.99 Å². The lowest BCUT2D eigenvalue weighted by Crippen LogP contribution is -2.37. The molecule has 0 aliphatic carbocycles. The molecular formula is C20H27IN4O4S. The van der Waals surface area contributed by atoms with E-state index in [1.165, 1.54) is 18.4 Å². The van der Waals surface area contributed by atoms with Gasteiger partial charge in [0, 0.05) is 27.2 Å². The number of hydrogen-bond acceptors (Lipinski definition) is 5. The summed E-state index contributed by atoms with van der Waals surface area (Å²) in [6.45, 7) is 3.67. The zero-order chi connectivity index (χ0) is 20.9. The molecule has 0 radical (unpaired) electrons. The molecule has 0 atom stereocenters. The van der Waals surface area contributed by atoms with Crippen molar-refractivity contribution in [2.75, 3.05) is 27.4 Å². The highest BCUT2D eigenvalue weighted by Crippen LogP contribution is 2.32. The summed E-state index contributed by atoms with van der Waals surface area (Å²) < 4.78 is 37.1. The van der Waals surface area contributed by atoms with E-state index in [0.717, 1.165) is 17.1 Å². The van der Waals surface area contributed by atoms with Crippen LogP contribution in [0.3, 0.4) is 0 Å². The minimum atomic E-state index is -3.52. The van der Waals surface area contributed by atoms with Crippen molar-refractivity contribution in [1.29, 1.82) is 0 Å². The lowest BCUT2D eigenvalue weighted by Gasteiger charge is -2.17. The van der Waals surface area contributed by atoms with E-state index >= 15 is 0 Å². The highest BCUT2D eigenvalue weighted by Gasteiger charge is 2.20. The summed E-state index contributed by atoms with van der Waals surface area (Å²) in [5.74, 6) is 2.06. The Morgan fingerprint density at radius 2 is 1.83 bits per heavy atom. The van der Waals surface area contributed by atoms with Crippen LogP contribution < -0.4 is 20.1 Å². The summed E-state index contributed by atoms with van der Waals surface area (Å²) in [6.07, 6.45) is 0. The number of sulfonamides is 1. The Hall–Kier alpha value is -2.05. The molecule has 0 amide bonds. The fourth-order valence-corrected chi connectivity index (χ4v) is 3.94. The monoisotopic (exact) mass is 546 g/mol. The number of nitrogens with one attached hydrogen (secondary N) is 2. The number of fused-ring (bicyclic) bond motifs is 1. The number of hydrogen-bond donors (Lipinski definition) is 2. The van der Waals surface area contributed by atoms with Crippen molar-refractivity contribution in [2.45, 2.75) is 24.9 Å². The van der Waals surface area contributed by atoms with Gasteiger partial charge in [-0.1, -0.05) is 24.3 Å². The minimum absolute atomic E-state index is 0. The van der Waals surface area contributed by atoms with Gasteiger partial charge in [-0.15, -0.1) is 24.0 Å². The summed E-state index contributed by atoms with van der Waals surface area (Å²) in [6, 6.07) is 12.7. The molecule has 1 heterocycles. The number of benzene rings is 2. The molecule has 0 aromatic heterocycles. The first-order valence-corrected chi connectivity index (χ1v) is 10.8. The molecule has 0 saturated heterocycles. The summed E-state index contributed by atoms with van der Waals surface area (Å²) >= 11 is 0. The summed E-state index contributed by atoms with van der Waals surface area (Å²) in [4.78, 5) is 4.87. The predicted molar refractivity (Wildman–Crippen MR) is 127 cm³/mol. The molecular weight excluding hydrogens is 519 g/mol. The van der Waals surface area contributed by atoms with E-state index in [2.05, 4.69) is 15.6 Å². The van der Waals surface area contributed by atoms with Crippen LogP contribution in [0, 0.1) is 0 Å². The molecule has 30 heavy (non-hydrogen) atoms. The third-order valence-corrected chi connectivity index (χ3v) is 6.29. The average molecular weight is 546 g/mol. The van der Waals surface area contributed by atoms with Crippen molar-refractivity contribution in [3.05, 3.63) is 53.6 Å². The molecule has 0 saturated carbocycles. The first-order valence-electron chi connectivity index (χ1n) is 9.33. The SMILES string of the molecule is CCNC(=NCc1ccc2c(c1)OCO2)NCc1ccccc1S(=O)(=O)N(C)C.I. The number of ether oxygens (including phenoxy) is 2. The molecule has 8 nitrogen and oxygen atoms in total. The molecule has 2 aromatic rings. The topological polar surface area (TPSA) is 92.3 Å². The Bertz CT molecular complexity index is 996. The zero-order valence-corrected chi connectivity index (χ0v) is 20.4. The van der Waals surface area contributed by atoms with Crippen molar-refractivity contribution >= 4 is 40.0 Å². The Balaban J connectivity index is 0.00000320. The molecule has 2 N–H and O–H groups in total. The highest BCUT2D eigenvalue weighted by atomic mass is 127. The minimum Gasteiger partial charge on any atom is -0.454 e. The van der Waals surface area contributed by atoms with Gasteiger partial charge < -0.3 is 20.1 Å². The van der Waals surface area contributed by atoms with Gasteiger partial charge in [-0.25, -0.2) is 17.7 Å². The Morgan fingerprint density at radius 3 is 2.57 bits per heavy atom. The van der Waals surface area contributed by atoms with Crippen molar-refractivity contribution in [3.8, 4) is 11.5 Å². The van der Waals surface area contributed by atoms with Crippen molar-refractivity contribution in [3.63, 3.8) is 0 Å². The third kappa shape index (κ3) is 5.76. The Labute approximate surface area is 194 Å². The molecule has 0 fully saturated rings. The van der Waals surface area contributed by atoms with Crippen molar-refractivity contribution in [1.82, 2.24) is 14.9 Å². The van der Waals surface area contributed by atoms with E-state index in [1.807, 2.05) is 31.2 Å². The van der Waals surface area contributed by atoms with E-state index in [-0.39, 0.29) is 35.7 Å². The first-order chi connectivity index (χ1) is 13.9. The third-order valence-electron chi connectivity index (χ3n) is 4.38. The van der Waals surface area contributed by atoms with Gasteiger partial charge in [0.05, 0.1) is 11.4 Å². The zero-order valence-electron chi connectivity index (χ0n) is 17.2. The number of guanidine groups is 1. The van der Waals surface area contributed by atoms with Crippen LogP contribution >= 0.6 is 24.0 Å². The predicted octanol–water partition coefficient (Wildman–Crippen LogP) is 2.54. The maximum absolute atomic E-state index is 12.6.